The van der Waals surface area contributed by atoms with Gasteiger partial charge in [-0.15, -0.1) is 0 Å². The van der Waals surface area contributed by atoms with Crippen LogP contribution in [0.15, 0.2) is 12.2 Å². The van der Waals surface area contributed by atoms with Crippen LogP contribution in [0.5, 0.6) is 0 Å². The van der Waals surface area contributed by atoms with Crippen molar-refractivity contribution in [1.82, 2.24) is 0 Å². The lowest BCUT2D eigenvalue weighted by molar-refractivity contribution is -0.301. The van der Waals surface area contributed by atoms with E-state index in [9.17, 15) is 28.5 Å². The smallest absolute Gasteiger partial charge is 0.397 e. The average molecular weight is 823 g/mol. The third-order valence-corrected chi connectivity index (χ3v) is 10.9. The van der Waals surface area contributed by atoms with Crippen LogP contribution in [0.2, 0.25) is 0 Å². The van der Waals surface area contributed by atoms with Crippen molar-refractivity contribution < 1.29 is 56.2 Å². The maximum Gasteiger partial charge on any atom is 0.397 e. The number of aliphatic hydroxyl groups is 3. The van der Waals surface area contributed by atoms with Crippen molar-refractivity contribution in [3.8, 4) is 0 Å². The highest BCUT2D eigenvalue weighted by molar-refractivity contribution is 7.80. The molecule has 1 rings (SSSR count). The molecular formula is C43H82O12S. The Hall–Kier alpha value is -1.16. The van der Waals surface area contributed by atoms with Crippen LogP contribution in [-0.2, 0) is 38.3 Å². The predicted molar refractivity (Wildman–Crippen MR) is 221 cm³/mol. The number of hydrogen-bond acceptors (Lipinski definition) is 11. The molecule has 1 saturated heterocycles. The van der Waals surface area contributed by atoms with Gasteiger partial charge in [-0.25, -0.2) is 4.18 Å². The normalized spacial score (nSPS) is 20.9. The van der Waals surface area contributed by atoms with E-state index in [1.165, 1.54) is 128 Å². The number of aliphatic hydroxyl groups excluding tert-OH is 3. The molecule has 0 aromatic rings. The number of esters is 1. The highest BCUT2D eigenvalue weighted by atomic mass is 32.3. The maximum atomic E-state index is 12.8. The van der Waals surface area contributed by atoms with Gasteiger partial charge in [0.2, 0.25) is 0 Å². The SMILES string of the molecule is CCCCCCCC/C=C\CCCCCCCCCCCCOCC(COC1OC(CO)C(O)C(OS(=O)(=O)O)C1O)OC(=O)CCCCCCCCCCC. The minimum atomic E-state index is -5.05. The molecule has 4 N–H and O–H groups in total. The van der Waals surface area contributed by atoms with Gasteiger partial charge < -0.3 is 34.3 Å². The molecule has 0 saturated carbocycles. The van der Waals surface area contributed by atoms with E-state index in [1.807, 2.05) is 0 Å². The molecule has 332 valence electrons. The van der Waals surface area contributed by atoms with Crippen molar-refractivity contribution in [2.24, 2.45) is 0 Å². The lowest BCUT2D eigenvalue weighted by Gasteiger charge is -2.41. The summed E-state index contributed by atoms with van der Waals surface area (Å²) >= 11 is 0. The average Bonchev–Trinajstić information content (AvgIpc) is 3.17. The fourth-order valence-corrected chi connectivity index (χ4v) is 7.47. The van der Waals surface area contributed by atoms with E-state index in [2.05, 4.69) is 30.2 Å². The first kappa shape index (κ1) is 52.9. The van der Waals surface area contributed by atoms with Crippen molar-refractivity contribution in [1.29, 1.82) is 0 Å². The van der Waals surface area contributed by atoms with E-state index in [1.54, 1.807) is 0 Å². The first-order valence-corrected chi connectivity index (χ1v) is 23.8. The van der Waals surface area contributed by atoms with Crippen LogP contribution in [0.4, 0.5) is 0 Å². The summed E-state index contributed by atoms with van der Waals surface area (Å²) in [4.78, 5) is 12.8. The van der Waals surface area contributed by atoms with E-state index < -0.39 is 59.8 Å². The van der Waals surface area contributed by atoms with Gasteiger partial charge in [0, 0.05) is 13.0 Å². The van der Waals surface area contributed by atoms with Gasteiger partial charge in [0.1, 0.15) is 30.5 Å². The minimum absolute atomic E-state index is 0.0399. The zero-order valence-electron chi connectivity index (χ0n) is 35.2. The number of hydrogen-bond donors (Lipinski definition) is 4. The standard InChI is InChI=1S/C43H82O12S/c1-3-5-7-9-11-13-14-15-16-17-18-19-20-21-22-23-25-27-29-31-33-51-35-37(53-39(45)32-30-28-26-24-12-10-8-6-4-2)36-52-43-41(47)42(55-56(48,49)50)40(46)38(34-44)54-43/h15-16,37-38,40-44,46-47H,3-14,17-36H2,1-2H3,(H,48,49,50)/b16-15-. The summed E-state index contributed by atoms with van der Waals surface area (Å²) in [6, 6.07) is 0. The fraction of sp³-hybridized carbons (Fsp3) is 0.930. The van der Waals surface area contributed by atoms with E-state index in [-0.39, 0.29) is 19.6 Å². The van der Waals surface area contributed by atoms with Gasteiger partial charge >= 0.3 is 16.4 Å². The Bertz CT molecular complexity index is 1040. The van der Waals surface area contributed by atoms with Gasteiger partial charge in [0.25, 0.3) is 0 Å². The molecule has 0 aliphatic carbocycles. The third-order valence-electron chi connectivity index (χ3n) is 10.4. The molecule has 6 atom stereocenters. The van der Waals surface area contributed by atoms with E-state index in [4.69, 9.17) is 23.5 Å². The molecule has 6 unspecified atom stereocenters. The molecule has 0 bridgehead atoms. The zero-order valence-corrected chi connectivity index (χ0v) is 36.0. The Kier molecular flexibility index (Phi) is 33.7. The van der Waals surface area contributed by atoms with Crippen molar-refractivity contribution in [2.45, 2.75) is 230 Å². The maximum absolute atomic E-state index is 12.8. The summed E-state index contributed by atoms with van der Waals surface area (Å²) in [5, 5.41) is 30.6. The molecule has 1 heterocycles. The van der Waals surface area contributed by atoms with Gasteiger partial charge in [-0.3, -0.25) is 9.35 Å². The van der Waals surface area contributed by atoms with Crippen molar-refractivity contribution in [2.75, 3.05) is 26.4 Å². The number of carbonyl (C=O) groups excluding carboxylic acids is 1. The van der Waals surface area contributed by atoms with Crippen LogP contribution in [0.3, 0.4) is 0 Å². The Morgan fingerprint density at radius 3 is 1.61 bits per heavy atom. The Balaban J connectivity index is 2.35. The molecule has 13 heteroatoms. The molecule has 56 heavy (non-hydrogen) atoms. The Morgan fingerprint density at radius 1 is 0.661 bits per heavy atom. The summed E-state index contributed by atoms with van der Waals surface area (Å²) in [6.45, 7) is 3.97. The topological polar surface area (TPSA) is 178 Å². The summed E-state index contributed by atoms with van der Waals surface area (Å²) in [5.41, 5.74) is 0. The fourth-order valence-electron chi connectivity index (χ4n) is 6.96. The largest absolute Gasteiger partial charge is 0.457 e. The lowest BCUT2D eigenvalue weighted by atomic mass is 9.99. The van der Waals surface area contributed by atoms with Crippen LogP contribution in [0.25, 0.3) is 0 Å². The lowest BCUT2D eigenvalue weighted by Crippen LogP contribution is -2.60. The number of carbonyl (C=O) groups is 1. The Labute approximate surface area is 340 Å². The monoisotopic (exact) mass is 823 g/mol. The highest BCUT2D eigenvalue weighted by Gasteiger charge is 2.48. The number of allylic oxidation sites excluding steroid dienone is 2. The summed E-state index contributed by atoms with van der Waals surface area (Å²) in [6.07, 6.45) is 28.3. The van der Waals surface area contributed by atoms with E-state index >= 15 is 0 Å². The zero-order chi connectivity index (χ0) is 41.1. The number of ether oxygens (including phenoxy) is 4. The first-order chi connectivity index (χ1) is 27.1. The van der Waals surface area contributed by atoms with Crippen molar-refractivity contribution in [3.63, 3.8) is 0 Å². The van der Waals surface area contributed by atoms with Crippen LogP contribution >= 0.6 is 0 Å². The molecule has 0 aromatic heterocycles. The summed E-state index contributed by atoms with van der Waals surface area (Å²) < 4.78 is 58.9. The first-order valence-electron chi connectivity index (χ1n) is 22.4. The van der Waals surface area contributed by atoms with E-state index in [0.29, 0.717) is 13.0 Å². The van der Waals surface area contributed by atoms with Gasteiger partial charge in [0.05, 0.1) is 19.8 Å². The molecule has 1 aliphatic rings. The third kappa shape index (κ3) is 29.1. The second-order valence-corrected chi connectivity index (χ2v) is 16.7. The van der Waals surface area contributed by atoms with Crippen molar-refractivity contribution >= 4 is 16.4 Å². The highest BCUT2D eigenvalue weighted by Crippen LogP contribution is 2.26. The van der Waals surface area contributed by atoms with Crippen LogP contribution in [0, 0.1) is 0 Å². The summed E-state index contributed by atoms with van der Waals surface area (Å²) in [5.74, 6) is -0.401. The molecule has 12 nitrogen and oxygen atoms in total. The van der Waals surface area contributed by atoms with Gasteiger partial charge in [0.15, 0.2) is 6.29 Å². The molecule has 0 spiro atoms. The summed E-state index contributed by atoms with van der Waals surface area (Å²) in [7, 11) is -5.05. The van der Waals surface area contributed by atoms with Crippen LogP contribution in [-0.4, -0.2) is 97.5 Å². The second kappa shape index (κ2) is 35.8. The quantitative estimate of drug-likeness (QED) is 0.0200. The molecule has 0 radical (unpaired) electrons. The molecule has 0 aromatic carbocycles. The van der Waals surface area contributed by atoms with Crippen LogP contribution in [0.1, 0.15) is 194 Å². The minimum Gasteiger partial charge on any atom is -0.457 e. The van der Waals surface area contributed by atoms with Crippen LogP contribution < -0.4 is 0 Å². The second-order valence-electron chi connectivity index (χ2n) is 15.6. The van der Waals surface area contributed by atoms with Crippen molar-refractivity contribution in [3.05, 3.63) is 12.2 Å². The predicted octanol–water partition coefficient (Wildman–Crippen LogP) is 9.08. The Morgan fingerprint density at radius 2 is 1.12 bits per heavy atom. The van der Waals surface area contributed by atoms with Gasteiger partial charge in [-0.2, -0.15) is 8.42 Å². The van der Waals surface area contributed by atoms with Gasteiger partial charge in [-0.05, 0) is 38.5 Å². The number of unbranched alkanes of at least 4 members (excludes halogenated alkanes) is 24. The van der Waals surface area contributed by atoms with E-state index in [0.717, 1.165) is 38.5 Å². The van der Waals surface area contributed by atoms with Gasteiger partial charge in [-0.1, -0.05) is 161 Å². The molecular weight excluding hydrogens is 741 g/mol. The number of rotatable bonds is 39. The molecule has 1 aliphatic heterocycles. The molecule has 1 fully saturated rings. The molecule has 0 amide bonds.